The molecular formula is C17H18Cl2N4O3. The first-order valence-electron chi connectivity index (χ1n) is 7.75. The van der Waals surface area contributed by atoms with E-state index in [0.717, 1.165) is 5.56 Å². The summed E-state index contributed by atoms with van der Waals surface area (Å²) in [5, 5.41) is 3.68. The van der Waals surface area contributed by atoms with Crippen LogP contribution in [-0.4, -0.2) is 42.0 Å². The second kappa shape index (κ2) is 9.35. The van der Waals surface area contributed by atoms with Gasteiger partial charge in [0.1, 0.15) is 6.54 Å². The summed E-state index contributed by atoms with van der Waals surface area (Å²) in [4.78, 5) is 33.4. The van der Waals surface area contributed by atoms with Crippen molar-refractivity contribution in [3.8, 4) is 0 Å². The van der Waals surface area contributed by atoms with Gasteiger partial charge in [-0.05, 0) is 30.7 Å². The van der Waals surface area contributed by atoms with E-state index in [1.165, 1.54) is 4.90 Å². The lowest BCUT2D eigenvalue weighted by Crippen LogP contribution is -2.34. The van der Waals surface area contributed by atoms with E-state index in [0.29, 0.717) is 16.0 Å². The topological polar surface area (TPSA) is 84.4 Å². The predicted octanol–water partition coefficient (Wildman–Crippen LogP) is 2.64. The summed E-state index contributed by atoms with van der Waals surface area (Å²) in [6, 6.07) is 6.34. The van der Waals surface area contributed by atoms with E-state index in [2.05, 4.69) is 15.3 Å². The van der Waals surface area contributed by atoms with Gasteiger partial charge in [0.25, 0.3) is 5.91 Å². The van der Waals surface area contributed by atoms with Crippen LogP contribution in [0.15, 0.2) is 36.7 Å². The number of nitrogens with zero attached hydrogens (tertiary/aromatic N) is 3. The Labute approximate surface area is 161 Å². The highest BCUT2D eigenvalue weighted by Crippen LogP contribution is 2.25. The second-order valence-electron chi connectivity index (χ2n) is 5.52. The lowest BCUT2D eigenvalue weighted by molar-refractivity contribution is -0.147. The average molecular weight is 397 g/mol. The number of carbonyl (C=O) groups is 2. The van der Waals surface area contributed by atoms with Crippen molar-refractivity contribution in [3.63, 3.8) is 0 Å². The van der Waals surface area contributed by atoms with Gasteiger partial charge in [-0.25, -0.2) is 9.97 Å². The molecule has 0 bridgehead atoms. The molecular weight excluding hydrogens is 379 g/mol. The molecule has 7 nitrogen and oxygen atoms in total. The quantitative estimate of drug-likeness (QED) is 0.724. The first-order chi connectivity index (χ1) is 12.4. The molecule has 0 saturated carbocycles. The van der Waals surface area contributed by atoms with E-state index in [1.807, 2.05) is 0 Å². The lowest BCUT2D eigenvalue weighted by Gasteiger charge is -2.17. The first kappa shape index (κ1) is 19.9. The fourth-order valence-corrected chi connectivity index (χ4v) is 2.73. The third-order valence-corrected chi connectivity index (χ3v) is 3.99. The van der Waals surface area contributed by atoms with Crippen molar-refractivity contribution < 1.29 is 14.3 Å². The Kier molecular flexibility index (Phi) is 7.17. The zero-order chi connectivity index (χ0) is 19.1. The molecule has 9 heteroatoms. The Balaban J connectivity index is 1.79. The van der Waals surface area contributed by atoms with Crippen LogP contribution in [0.1, 0.15) is 18.5 Å². The summed E-state index contributed by atoms with van der Waals surface area (Å²) in [6.45, 7) is 1.31. The summed E-state index contributed by atoms with van der Waals surface area (Å²) in [6.07, 6.45) is 3.14. The van der Waals surface area contributed by atoms with E-state index >= 15 is 0 Å². The van der Waals surface area contributed by atoms with Gasteiger partial charge in [0.15, 0.2) is 6.61 Å². The van der Waals surface area contributed by atoms with E-state index in [9.17, 15) is 9.59 Å². The highest BCUT2D eigenvalue weighted by Gasteiger charge is 2.16. The molecule has 2 rings (SSSR count). The summed E-state index contributed by atoms with van der Waals surface area (Å²) in [5.41, 5.74) is 0.719. The van der Waals surface area contributed by atoms with E-state index in [4.69, 9.17) is 27.9 Å². The number of esters is 1. The van der Waals surface area contributed by atoms with E-state index < -0.39 is 18.5 Å². The van der Waals surface area contributed by atoms with Crippen LogP contribution in [0.5, 0.6) is 0 Å². The molecule has 1 aromatic heterocycles. The van der Waals surface area contributed by atoms with Gasteiger partial charge in [-0.1, -0.05) is 29.3 Å². The van der Waals surface area contributed by atoms with Crippen molar-refractivity contribution in [1.29, 1.82) is 0 Å². The van der Waals surface area contributed by atoms with Gasteiger partial charge in [-0.3, -0.25) is 9.59 Å². The van der Waals surface area contributed by atoms with Gasteiger partial charge in [0, 0.05) is 29.5 Å². The van der Waals surface area contributed by atoms with Crippen molar-refractivity contribution in [2.45, 2.75) is 13.0 Å². The minimum absolute atomic E-state index is 0.0736. The molecule has 1 heterocycles. The predicted molar refractivity (Wildman–Crippen MR) is 99.3 cm³/mol. The Hall–Kier alpha value is -2.38. The number of hydrogen-bond donors (Lipinski definition) is 1. The van der Waals surface area contributed by atoms with E-state index in [-0.39, 0.29) is 12.6 Å². The van der Waals surface area contributed by atoms with Crippen LogP contribution in [0.3, 0.4) is 0 Å². The summed E-state index contributed by atoms with van der Waals surface area (Å²) in [7, 11) is 1.65. The number of rotatable bonds is 7. The molecule has 0 fully saturated rings. The number of hydrogen-bond acceptors (Lipinski definition) is 6. The zero-order valence-electron chi connectivity index (χ0n) is 14.3. The van der Waals surface area contributed by atoms with Gasteiger partial charge in [0.2, 0.25) is 5.95 Å². The zero-order valence-corrected chi connectivity index (χ0v) is 15.8. The van der Waals surface area contributed by atoms with Crippen molar-refractivity contribution in [2.75, 3.05) is 25.1 Å². The van der Waals surface area contributed by atoms with Crippen LogP contribution < -0.4 is 10.2 Å². The number of anilines is 1. The number of amides is 1. The van der Waals surface area contributed by atoms with E-state index in [1.54, 1.807) is 50.6 Å². The average Bonchev–Trinajstić information content (AvgIpc) is 2.60. The molecule has 0 aliphatic rings. The van der Waals surface area contributed by atoms with Crippen LogP contribution in [0, 0.1) is 0 Å². The molecule has 26 heavy (non-hydrogen) atoms. The molecule has 0 saturated heterocycles. The molecule has 1 aromatic carbocycles. The smallest absolute Gasteiger partial charge is 0.326 e. The van der Waals surface area contributed by atoms with Crippen molar-refractivity contribution in [3.05, 3.63) is 52.3 Å². The lowest BCUT2D eigenvalue weighted by atomic mass is 10.1. The molecule has 0 aliphatic heterocycles. The fraction of sp³-hybridized carbons (Fsp3) is 0.294. The first-order valence-corrected chi connectivity index (χ1v) is 8.50. The van der Waals surface area contributed by atoms with Gasteiger partial charge < -0.3 is 15.0 Å². The number of nitrogens with one attached hydrogen (secondary N) is 1. The Bertz CT molecular complexity index is 774. The Morgan fingerprint density at radius 2 is 1.96 bits per heavy atom. The molecule has 138 valence electrons. The normalized spacial score (nSPS) is 11.5. The van der Waals surface area contributed by atoms with Crippen molar-refractivity contribution in [1.82, 2.24) is 15.3 Å². The molecule has 1 N–H and O–H groups in total. The molecule has 1 atom stereocenters. The van der Waals surface area contributed by atoms with Gasteiger partial charge >= 0.3 is 5.97 Å². The number of aromatic nitrogens is 2. The number of carbonyl (C=O) groups excluding carboxylic acids is 2. The molecule has 0 aliphatic carbocycles. The van der Waals surface area contributed by atoms with Gasteiger partial charge in [0.05, 0.1) is 6.04 Å². The Morgan fingerprint density at radius 1 is 1.27 bits per heavy atom. The number of ether oxygens (including phenoxy) is 1. The molecule has 1 amide bonds. The largest absolute Gasteiger partial charge is 0.454 e. The molecule has 2 aromatic rings. The number of halogens is 2. The minimum Gasteiger partial charge on any atom is -0.454 e. The SMILES string of the molecule is CC(NC(=O)COC(=O)CN(C)c1ncccn1)c1ccc(Cl)cc1Cl. The highest BCUT2D eigenvalue weighted by atomic mass is 35.5. The maximum absolute atomic E-state index is 12.0. The van der Waals surface area contributed by atoms with Gasteiger partial charge in [-0.2, -0.15) is 0 Å². The standard InChI is InChI=1S/C17H18Cl2N4O3/c1-11(13-5-4-12(18)8-14(13)19)22-15(24)10-26-16(25)9-23(2)17-20-6-3-7-21-17/h3-8,11H,9-10H2,1-2H3,(H,22,24). The summed E-state index contributed by atoms with van der Waals surface area (Å²) >= 11 is 12.0. The summed E-state index contributed by atoms with van der Waals surface area (Å²) in [5.74, 6) is -0.609. The number of likely N-dealkylation sites (N-methyl/N-ethyl adjacent to an activating group) is 1. The monoisotopic (exact) mass is 396 g/mol. The molecule has 1 unspecified atom stereocenters. The third-order valence-electron chi connectivity index (χ3n) is 3.43. The van der Waals surface area contributed by atoms with Gasteiger partial charge in [-0.15, -0.1) is 0 Å². The maximum atomic E-state index is 12.0. The number of benzene rings is 1. The van der Waals surface area contributed by atoms with Crippen LogP contribution in [-0.2, 0) is 14.3 Å². The van der Waals surface area contributed by atoms with Crippen molar-refractivity contribution >= 4 is 41.0 Å². The van der Waals surface area contributed by atoms with Crippen molar-refractivity contribution in [2.24, 2.45) is 0 Å². The van der Waals surface area contributed by atoms with Crippen LogP contribution in [0.25, 0.3) is 0 Å². The maximum Gasteiger partial charge on any atom is 0.326 e. The summed E-state index contributed by atoms with van der Waals surface area (Å²) < 4.78 is 4.98. The van der Waals surface area contributed by atoms with Crippen LogP contribution >= 0.6 is 23.2 Å². The minimum atomic E-state index is -0.563. The highest BCUT2D eigenvalue weighted by molar-refractivity contribution is 6.35. The molecule has 0 radical (unpaired) electrons. The Morgan fingerprint density at radius 3 is 2.62 bits per heavy atom. The third kappa shape index (κ3) is 5.86. The fourth-order valence-electron chi connectivity index (χ4n) is 2.16. The second-order valence-corrected chi connectivity index (χ2v) is 6.36. The van der Waals surface area contributed by atoms with Crippen LogP contribution in [0.4, 0.5) is 5.95 Å². The molecule has 0 spiro atoms. The van der Waals surface area contributed by atoms with Crippen LogP contribution in [0.2, 0.25) is 10.0 Å².